The summed E-state index contributed by atoms with van der Waals surface area (Å²) in [7, 11) is 0. The van der Waals surface area contributed by atoms with E-state index in [0.717, 1.165) is 0 Å². The van der Waals surface area contributed by atoms with Crippen LogP contribution in [-0.4, -0.2) is 12.3 Å². The van der Waals surface area contributed by atoms with Crippen LogP contribution in [0, 0.1) is 0 Å². The van der Waals surface area contributed by atoms with Gasteiger partial charge in [-0.1, -0.05) is 48.6 Å². The van der Waals surface area contributed by atoms with Crippen molar-refractivity contribution in [2.24, 2.45) is 4.99 Å². The van der Waals surface area contributed by atoms with Crippen molar-refractivity contribution in [3.05, 3.63) is 59.7 Å². The molecule has 0 saturated heterocycles. The summed E-state index contributed by atoms with van der Waals surface area (Å²) in [5.41, 5.74) is 2.65. The normalized spacial score (nSPS) is 27.1. The predicted octanol–water partition coefficient (Wildman–Crippen LogP) is 2.70. The van der Waals surface area contributed by atoms with E-state index in [1.165, 1.54) is 11.1 Å². The van der Waals surface area contributed by atoms with Gasteiger partial charge in [-0.3, -0.25) is 4.99 Å². The molecule has 3 rings (SSSR count). The van der Waals surface area contributed by atoms with Crippen LogP contribution in [0.5, 0.6) is 0 Å². The van der Waals surface area contributed by atoms with Crippen LogP contribution in [0.25, 0.3) is 0 Å². The quantitative estimate of drug-likeness (QED) is 0.583. The van der Waals surface area contributed by atoms with Crippen LogP contribution in [0.2, 0.25) is 0 Å². The third kappa shape index (κ3) is 1.06. The van der Waals surface area contributed by atoms with Gasteiger partial charge in [0.2, 0.25) is 0 Å². The average Bonchev–Trinajstić information content (AvgIpc) is 2.29. The molecule has 0 N–H and O–H groups in total. The summed E-state index contributed by atoms with van der Waals surface area (Å²) in [6.07, 6.45) is 10.6. The number of aliphatic imine (C=N–C) groups is 1. The number of allylic oxidation sites excluding steroid dienone is 2. The summed E-state index contributed by atoms with van der Waals surface area (Å²) in [6.45, 7) is 0. The Morgan fingerprint density at radius 1 is 1.00 bits per heavy atom. The first-order chi connectivity index (χ1) is 6.95. The highest BCUT2D eigenvalue weighted by molar-refractivity contribution is 5.84. The monoisotopic (exact) mass is 181 g/mol. The second kappa shape index (κ2) is 2.95. The molecule has 1 heteroatoms. The number of hydrogen-bond donors (Lipinski definition) is 0. The summed E-state index contributed by atoms with van der Waals surface area (Å²) < 4.78 is 0. The summed E-state index contributed by atoms with van der Waals surface area (Å²) in [5.74, 6) is 0.446. The number of benzene rings is 1. The number of fused-ring (bicyclic) bond motifs is 3. The molecular formula is C13H11N. The SMILES string of the molecule is C1=CC2N=Cc3ccccc3C2C=C1. The highest BCUT2D eigenvalue weighted by Crippen LogP contribution is 2.31. The number of nitrogens with zero attached hydrogens (tertiary/aromatic N) is 1. The summed E-state index contributed by atoms with van der Waals surface area (Å²) >= 11 is 0. The molecule has 0 spiro atoms. The zero-order valence-electron chi connectivity index (χ0n) is 7.80. The molecule has 2 atom stereocenters. The van der Waals surface area contributed by atoms with Gasteiger partial charge in [0.15, 0.2) is 0 Å². The highest BCUT2D eigenvalue weighted by Gasteiger charge is 2.23. The van der Waals surface area contributed by atoms with Crippen molar-refractivity contribution in [3.63, 3.8) is 0 Å². The molecule has 1 nitrogen and oxygen atoms in total. The van der Waals surface area contributed by atoms with Gasteiger partial charge in [-0.05, 0) is 11.1 Å². The summed E-state index contributed by atoms with van der Waals surface area (Å²) in [5, 5.41) is 0. The van der Waals surface area contributed by atoms with E-state index in [1.54, 1.807) is 0 Å². The molecule has 2 aliphatic rings. The minimum absolute atomic E-state index is 0.315. The molecule has 1 aromatic carbocycles. The van der Waals surface area contributed by atoms with E-state index < -0.39 is 0 Å². The van der Waals surface area contributed by atoms with Crippen LogP contribution < -0.4 is 0 Å². The fourth-order valence-electron chi connectivity index (χ4n) is 2.12. The van der Waals surface area contributed by atoms with E-state index >= 15 is 0 Å². The van der Waals surface area contributed by atoms with Crippen LogP contribution in [0.3, 0.4) is 0 Å². The molecular weight excluding hydrogens is 170 g/mol. The third-order valence-corrected chi connectivity index (χ3v) is 2.85. The highest BCUT2D eigenvalue weighted by atomic mass is 14.8. The van der Waals surface area contributed by atoms with Gasteiger partial charge in [0, 0.05) is 12.1 Å². The summed E-state index contributed by atoms with van der Waals surface area (Å²) in [4.78, 5) is 4.53. The number of rotatable bonds is 0. The first-order valence-electron chi connectivity index (χ1n) is 4.92. The maximum atomic E-state index is 4.53. The van der Waals surface area contributed by atoms with Gasteiger partial charge in [0.1, 0.15) is 0 Å². The van der Waals surface area contributed by atoms with Crippen molar-refractivity contribution >= 4 is 6.21 Å². The van der Waals surface area contributed by atoms with Crippen LogP contribution in [0.1, 0.15) is 17.0 Å². The minimum atomic E-state index is 0.315. The second-order valence-electron chi connectivity index (χ2n) is 3.69. The Bertz CT molecular complexity index is 440. The fraction of sp³-hybridized carbons (Fsp3) is 0.154. The lowest BCUT2D eigenvalue weighted by molar-refractivity contribution is 0.707. The van der Waals surface area contributed by atoms with Crippen molar-refractivity contribution in [1.29, 1.82) is 0 Å². The predicted molar refractivity (Wildman–Crippen MR) is 58.8 cm³/mol. The standard InChI is InChI=1S/C13H11N/c1-2-6-11-10(5-1)9-14-13-8-4-3-7-12(11)13/h1-9,12-13H. The summed E-state index contributed by atoms with van der Waals surface area (Å²) in [6, 6.07) is 8.80. The Hall–Kier alpha value is -1.63. The molecule has 0 amide bonds. The molecule has 0 aromatic heterocycles. The molecule has 1 aliphatic carbocycles. The van der Waals surface area contributed by atoms with E-state index in [0.29, 0.717) is 12.0 Å². The van der Waals surface area contributed by atoms with Gasteiger partial charge in [-0.15, -0.1) is 0 Å². The van der Waals surface area contributed by atoms with Gasteiger partial charge in [-0.25, -0.2) is 0 Å². The van der Waals surface area contributed by atoms with Gasteiger partial charge in [0.25, 0.3) is 0 Å². The van der Waals surface area contributed by atoms with E-state index in [9.17, 15) is 0 Å². The Kier molecular flexibility index (Phi) is 1.63. The number of hydrogen-bond acceptors (Lipinski definition) is 1. The molecule has 1 aromatic rings. The minimum Gasteiger partial charge on any atom is -0.284 e. The van der Waals surface area contributed by atoms with Crippen LogP contribution >= 0.6 is 0 Å². The van der Waals surface area contributed by atoms with E-state index in [2.05, 4.69) is 53.6 Å². The van der Waals surface area contributed by atoms with Gasteiger partial charge < -0.3 is 0 Å². The maximum absolute atomic E-state index is 4.53. The Morgan fingerprint density at radius 2 is 1.86 bits per heavy atom. The lowest BCUT2D eigenvalue weighted by Gasteiger charge is -2.26. The lowest BCUT2D eigenvalue weighted by Crippen LogP contribution is -2.20. The smallest absolute Gasteiger partial charge is 0.0786 e. The maximum Gasteiger partial charge on any atom is 0.0786 e. The molecule has 0 radical (unpaired) electrons. The first kappa shape index (κ1) is 7.74. The molecule has 0 fully saturated rings. The Balaban J connectivity index is 2.15. The fourth-order valence-corrected chi connectivity index (χ4v) is 2.12. The molecule has 0 saturated carbocycles. The van der Waals surface area contributed by atoms with Crippen molar-refractivity contribution in [2.45, 2.75) is 12.0 Å². The molecule has 68 valence electrons. The molecule has 1 aliphatic heterocycles. The Morgan fingerprint density at radius 3 is 2.86 bits per heavy atom. The second-order valence-corrected chi connectivity index (χ2v) is 3.69. The van der Waals surface area contributed by atoms with Crippen molar-refractivity contribution < 1.29 is 0 Å². The zero-order chi connectivity index (χ0) is 9.38. The van der Waals surface area contributed by atoms with Crippen molar-refractivity contribution in [2.75, 3.05) is 0 Å². The Labute approximate surface area is 83.5 Å². The molecule has 2 unspecified atom stereocenters. The average molecular weight is 181 g/mol. The van der Waals surface area contributed by atoms with Crippen molar-refractivity contribution in [3.8, 4) is 0 Å². The zero-order valence-corrected chi connectivity index (χ0v) is 7.80. The van der Waals surface area contributed by atoms with Gasteiger partial charge in [-0.2, -0.15) is 0 Å². The molecule has 0 bridgehead atoms. The molecule has 14 heavy (non-hydrogen) atoms. The van der Waals surface area contributed by atoms with Crippen LogP contribution in [0.4, 0.5) is 0 Å². The van der Waals surface area contributed by atoms with E-state index in [4.69, 9.17) is 0 Å². The van der Waals surface area contributed by atoms with Crippen LogP contribution in [0.15, 0.2) is 53.6 Å². The largest absolute Gasteiger partial charge is 0.284 e. The topological polar surface area (TPSA) is 12.4 Å². The van der Waals surface area contributed by atoms with E-state index in [1.807, 2.05) is 6.21 Å². The third-order valence-electron chi connectivity index (χ3n) is 2.85. The van der Waals surface area contributed by atoms with E-state index in [-0.39, 0.29) is 0 Å². The molecule has 1 heterocycles. The van der Waals surface area contributed by atoms with Crippen molar-refractivity contribution in [1.82, 2.24) is 0 Å². The van der Waals surface area contributed by atoms with Gasteiger partial charge >= 0.3 is 0 Å². The van der Waals surface area contributed by atoms with Gasteiger partial charge in [0.05, 0.1) is 6.04 Å². The lowest BCUT2D eigenvalue weighted by atomic mass is 9.84. The van der Waals surface area contributed by atoms with Crippen LogP contribution in [-0.2, 0) is 0 Å². The first-order valence-corrected chi connectivity index (χ1v) is 4.92.